The summed E-state index contributed by atoms with van der Waals surface area (Å²) in [6.45, 7) is 3.74. The molecule has 6 heteroatoms. The maximum atomic E-state index is 11.8. The number of thioether (sulfide) groups is 1. The van der Waals surface area contributed by atoms with Gasteiger partial charge in [0, 0.05) is 25.4 Å². The van der Waals surface area contributed by atoms with Crippen molar-refractivity contribution in [3.8, 4) is 0 Å². The van der Waals surface area contributed by atoms with Crippen molar-refractivity contribution in [1.29, 1.82) is 0 Å². The molecule has 1 heterocycles. The lowest BCUT2D eigenvalue weighted by molar-refractivity contribution is -0.0327. The number of hydrogen-bond acceptors (Lipinski definition) is 3. The van der Waals surface area contributed by atoms with Crippen molar-refractivity contribution < 1.29 is 17.9 Å². The van der Waals surface area contributed by atoms with Gasteiger partial charge in [-0.05, 0) is 31.5 Å². The molecule has 0 aromatic carbocycles. The van der Waals surface area contributed by atoms with Gasteiger partial charge in [0.15, 0.2) is 0 Å². The highest BCUT2D eigenvalue weighted by Crippen LogP contribution is 2.29. The lowest BCUT2D eigenvalue weighted by Gasteiger charge is -2.23. The van der Waals surface area contributed by atoms with Gasteiger partial charge in [-0.3, -0.25) is 0 Å². The van der Waals surface area contributed by atoms with Crippen molar-refractivity contribution in [2.75, 3.05) is 25.4 Å². The van der Waals surface area contributed by atoms with Gasteiger partial charge in [0.05, 0.1) is 5.60 Å². The Morgan fingerprint density at radius 1 is 1.47 bits per heavy atom. The van der Waals surface area contributed by atoms with Gasteiger partial charge in [-0.2, -0.15) is 13.2 Å². The Kier molecular flexibility index (Phi) is 4.73. The van der Waals surface area contributed by atoms with Crippen molar-refractivity contribution in [2.24, 2.45) is 0 Å². The fourth-order valence-corrected chi connectivity index (χ4v) is 2.05. The molecule has 0 aromatic rings. The molecule has 15 heavy (non-hydrogen) atoms. The van der Waals surface area contributed by atoms with Gasteiger partial charge < -0.3 is 10.1 Å². The van der Waals surface area contributed by atoms with Crippen LogP contribution in [0.25, 0.3) is 0 Å². The van der Waals surface area contributed by atoms with Crippen LogP contribution < -0.4 is 5.32 Å². The van der Waals surface area contributed by atoms with E-state index < -0.39 is 5.51 Å². The second-order valence-electron chi connectivity index (χ2n) is 3.87. The first-order valence-corrected chi connectivity index (χ1v) is 5.95. The first kappa shape index (κ1) is 13.1. The third-order valence-corrected chi connectivity index (χ3v) is 3.08. The second-order valence-corrected chi connectivity index (χ2v) is 5.03. The minimum Gasteiger partial charge on any atom is -0.374 e. The first-order chi connectivity index (χ1) is 6.91. The van der Waals surface area contributed by atoms with Gasteiger partial charge in [0.1, 0.15) is 0 Å². The van der Waals surface area contributed by atoms with Crippen LogP contribution in [0, 0.1) is 0 Å². The fraction of sp³-hybridized carbons (Fsp3) is 1.00. The highest BCUT2D eigenvalue weighted by atomic mass is 32.2. The molecule has 2 nitrogen and oxygen atoms in total. The average molecular weight is 243 g/mol. The van der Waals surface area contributed by atoms with E-state index in [1.54, 1.807) is 0 Å². The van der Waals surface area contributed by atoms with Gasteiger partial charge >= 0.3 is 5.51 Å². The van der Waals surface area contributed by atoms with E-state index in [-0.39, 0.29) is 23.1 Å². The molecule has 0 aromatic heterocycles. The summed E-state index contributed by atoms with van der Waals surface area (Å²) in [7, 11) is 0. The molecule has 1 aliphatic heterocycles. The zero-order valence-electron chi connectivity index (χ0n) is 8.69. The van der Waals surface area contributed by atoms with E-state index in [0.717, 1.165) is 19.4 Å². The largest absolute Gasteiger partial charge is 0.441 e. The van der Waals surface area contributed by atoms with Crippen LogP contribution in [0.4, 0.5) is 13.2 Å². The van der Waals surface area contributed by atoms with E-state index in [1.807, 2.05) is 6.92 Å². The molecule has 1 atom stereocenters. The fourth-order valence-electron chi connectivity index (χ4n) is 1.57. The number of hydrogen-bond donors (Lipinski definition) is 1. The van der Waals surface area contributed by atoms with Gasteiger partial charge in [0.2, 0.25) is 0 Å². The van der Waals surface area contributed by atoms with Crippen molar-refractivity contribution in [3.05, 3.63) is 0 Å². The van der Waals surface area contributed by atoms with Crippen LogP contribution in [-0.4, -0.2) is 36.6 Å². The van der Waals surface area contributed by atoms with Gasteiger partial charge in [-0.1, -0.05) is 0 Å². The SMILES string of the molecule is CC1(CNCCSC(F)(F)F)CCCO1. The normalized spacial score (nSPS) is 27.2. The molecule has 0 spiro atoms. The average Bonchev–Trinajstić information content (AvgIpc) is 2.50. The highest BCUT2D eigenvalue weighted by Gasteiger charge is 2.30. The second kappa shape index (κ2) is 5.41. The molecule has 1 N–H and O–H groups in total. The van der Waals surface area contributed by atoms with Crippen molar-refractivity contribution in [1.82, 2.24) is 5.32 Å². The third kappa shape index (κ3) is 5.63. The zero-order valence-corrected chi connectivity index (χ0v) is 9.51. The summed E-state index contributed by atoms with van der Waals surface area (Å²) in [5, 5.41) is 2.99. The van der Waals surface area contributed by atoms with Gasteiger partial charge in [0.25, 0.3) is 0 Å². The quantitative estimate of drug-likeness (QED) is 0.749. The summed E-state index contributed by atoms with van der Waals surface area (Å²) in [6, 6.07) is 0. The van der Waals surface area contributed by atoms with Crippen LogP contribution in [-0.2, 0) is 4.74 Å². The number of halogens is 3. The molecular weight excluding hydrogens is 227 g/mol. The van der Waals surface area contributed by atoms with E-state index >= 15 is 0 Å². The van der Waals surface area contributed by atoms with Gasteiger partial charge in [-0.25, -0.2) is 0 Å². The molecule has 0 aliphatic carbocycles. The Labute approximate surface area is 91.9 Å². The number of rotatable bonds is 5. The zero-order chi connectivity index (χ0) is 11.4. The molecule has 0 saturated carbocycles. The monoisotopic (exact) mass is 243 g/mol. The Bertz CT molecular complexity index is 192. The van der Waals surface area contributed by atoms with Crippen molar-refractivity contribution >= 4 is 11.8 Å². The number of alkyl halides is 3. The van der Waals surface area contributed by atoms with E-state index in [4.69, 9.17) is 4.74 Å². The number of ether oxygens (including phenoxy) is 1. The standard InChI is InChI=1S/C9H16F3NOS/c1-8(3-2-5-14-8)7-13-4-6-15-9(10,11)12/h13H,2-7H2,1H3. The molecule has 90 valence electrons. The predicted octanol–water partition coefficient (Wildman–Crippen LogP) is 2.40. The van der Waals surface area contributed by atoms with Crippen LogP contribution in [0.15, 0.2) is 0 Å². The van der Waals surface area contributed by atoms with Crippen LogP contribution in [0.1, 0.15) is 19.8 Å². The summed E-state index contributed by atoms with van der Waals surface area (Å²) in [4.78, 5) is 0. The van der Waals surface area contributed by atoms with Crippen LogP contribution in [0.3, 0.4) is 0 Å². The van der Waals surface area contributed by atoms with E-state index in [2.05, 4.69) is 5.32 Å². The summed E-state index contributed by atoms with van der Waals surface area (Å²) in [6.07, 6.45) is 2.02. The lowest BCUT2D eigenvalue weighted by Crippen LogP contribution is -2.38. The maximum Gasteiger partial charge on any atom is 0.441 e. The highest BCUT2D eigenvalue weighted by molar-refractivity contribution is 8.00. The minimum absolute atomic E-state index is 0.0117. The summed E-state index contributed by atoms with van der Waals surface area (Å²) < 4.78 is 40.8. The Balaban J connectivity index is 2.02. The summed E-state index contributed by atoms with van der Waals surface area (Å²) >= 11 is 0.0117. The first-order valence-electron chi connectivity index (χ1n) is 4.97. The summed E-state index contributed by atoms with van der Waals surface area (Å²) in [5.41, 5.74) is -4.29. The molecule has 1 unspecified atom stereocenters. The maximum absolute atomic E-state index is 11.8. The molecule has 0 bridgehead atoms. The Hall–Kier alpha value is 0.0600. The third-order valence-electron chi connectivity index (χ3n) is 2.34. The smallest absolute Gasteiger partial charge is 0.374 e. The molecule has 1 fully saturated rings. The molecule has 0 radical (unpaired) electrons. The van der Waals surface area contributed by atoms with Crippen molar-refractivity contribution in [3.63, 3.8) is 0 Å². The molecule has 1 aliphatic rings. The number of nitrogens with one attached hydrogen (secondary N) is 1. The predicted molar refractivity (Wildman–Crippen MR) is 55.0 cm³/mol. The molecule has 1 rings (SSSR count). The summed E-state index contributed by atoms with van der Waals surface area (Å²) in [5.74, 6) is 0.0551. The van der Waals surface area contributed by atoms with Gasteiger partial charge in [-0.15, -0.1) is 0 Å². The Morgan fingerprint density at radius 3 is 2.73 bits per heavy atom. The van der Waals surface area contributed by atoms with E-state index in [0.29, 0.717) is 13.1 Å². The lowest BCUT2D eigenvalue weighted by atomic mass is 10.0. The molecule has 1 saturated heterocycles. The minimum atomic E-state index is -4.12. The topological polar surface area (TPSA) is 21.3 Å². The van der Waals surface area contributed by atoms with Crippen LogP contribution >= 0.6 is 11.8 Å². The molecule has 0 amide bonds. The molecular formula is C9H16F3NOS. The van der Waals surface area contributed by atoms with E-state index in [9.17, 15) is 13.2 Å². The van der Waals surface area contributed by atoms with E-state index in [1.165, 1.54) is 0 Å². The van der Waals surface area contributed by atoms with Crippen molar-refractivity contribution in [2.45, 2.75) is 30.9 Å². The van der Waals surface area contributed by atoms with Crippen LogP contribution in [0.2, 0.25) is 0 Å². The Morgan fingerprint density at radius 2 is 2.20 bits per heavy atom. The van der Waals surface area contributed by atoms with Crippen LogP contribution in [0.5, 0.6) is 0 Å².